The fourth-order valence-corrected chi connectivity index (χ4v) is 4.82. The lowest BCUT2D eigenvalue weighted by Gasteiger charge is -2.23. The van der Waals surface area contributed by atoms with Gasteiger partial charge in [0.1, 0.15) is 0 Å². The molecule has 0 saturated carbocycles. The molecule has 1 aromatic heterocycles. The number of nitrogens with zero attached hydrogens (tertiary/aromatic N) is 1. The van der Waals surface area contributed by atoms with Crippen molar-refractivity contribution in [3.05, 3.63) is 36.0 Å². The van der Waals surface area contributed by atoms with Crippen LogP contribution < -0.4 is 0 Å². The van der Waals surface area contributed by atoms with Crippen LogP contribution in [-0.2, 0) is 21.1 Å². The Kier molecular flexibility index (Phi) is 3.95. The van der Waals surface area contributed by atoms with E-state index in [0.717, 1.165) is 16.5 Å². The van der Waals surface area contributed by atoms with Crippen molar-refractivity contribution < 1.29 is 13.2 Å². The highest BCUT2D eigenvalue weighted by Gasteiger charge is 2.32. The number of H-pyrrole nitrogens is 1. The molecule has 118 valence electrons. The van der Waals surface area contributed by atoms with Crippen LogP contribution in [0.1, 0.15) is 18.4 Å². The van der Waals surface area contributed by atoms with Crippen molar-refractivity contribution in [2.24, 2.45) is 0 Å². The van der Waals surface area contributed by atoms with E-state index < -0.39 is 9.84 Å². The molecule has 1 saturated heterocycles. The van der Waals surface area contributed by atoms with Gasteiger partial charge < -0.3 is 9.88 Å². The Morgan fingerprint density at radius 2 is 2.14 bits per heavy atom. The van der Waals surface area contributed by atoms with Crippen molar-refractivity contribution in [1.29, 1.82) is 0 Å². The molecule has 1 fully saturated rings. The molecule has 22 heavy (non-hydrogen) atoms. The predicted octanol–water partition coefficient (Wildman–Crippen LogP) is 1.75. The van der Waals surface area contributed by atoms with Gasteiger partial charge in [-0.15, -0.1) is 0 Å². The summed E-state index contributed by atoms with van der Waals surface area (Å²) >= 11 is 0. The molecular weight excluding hydrogens is 300 g/mol. The minimum absolute atomic E-state index is 0.00683. The summed E-state index contributed by atoms with van der Waals surface area (Å²) in [4.78, 5) is 17.1. The summed E-state index contributed by atoms with van der Waals surface area (Å²) in [5.74, 6) is 0.299. The summed E-state index contributed by atoms with van der Waals surface area (Å²) in [5.41, 5.74) is 2.19. The smallest absolute Gasteiger partial charge is 0.222 e. The maximum absolute atomic E-state index is 12.3. The number of aryl methyl sites for hydroxylation is 1. The number of nitrogens with one attached hydrogen (secondary N) is 1. The summed E-state index contributed by atoms with van der Waals surface area (Å²) < 4.78 is 23.0. The summed E-state index contributed by atoms with van der Waals surface area (Å²) in [6.45, 7) is 0. The van der Waals surface area contributed by atoms with Gasteiger partial charge in [0.25, 0.3) is 0 Å². The second-order valence-electron chi connectivity index (χ2n) is 5.92. The molecule has 3 rings (SSSR count). The first-order valence-corrected chi connectivity index (χ1v) is 9.29. The first kappa shape index (κ1) is 15.1. The highest BCUT2D eigenvalue weighted by Crippen LogP contribution is 2.21. The first-order chi connectivity index (χ1) is 10.5. The zero-order valence-electron chi connectivity index (χ0n) is 12.6. The summed E-state index contributed by atoms with van der Waals surface area (Å²) in [7, 11) is -1.25. The number of para-hydroxylation sites is 1. The minimum Gasteiger partial charge on any atom is -0.361 e. The SMILES string of the molecule is CN(C(=O)CCc1c[nH]c2ccccc12)C1CCS(=O)(=O)C1. The molecule has 0 spiro atoms. The molecule has 5 nitrogen and oxygen atoms in total. The maximum Gasteiger partial charge on any atom is 0.222 e. The van der Waals surface area contributed by atoms with Crippen molar-refractivity contribution in [2.45, 2.75) is 25.3 Å². The van der Waals surface area contributed by atoms with Gasteiger partial charge in [0, 0.05) is 36.6 Å². The van der Waals surface area contributed by atoms with Gasteiger partial charge in [0.05, 0.1) is 11.5 Å². The van der Waals surface area contributed by atoms with E-state index in [2.05, 4.69) is 4.98 Å². The van der Waals surface area contributed by atoms with E-state index >= 15 is 0 Å². The van der Waals surface area contributed by atoms with Gasteiger partial charge in [-0.3, -0.25) is 4.79 Å². The maximum atomic E-state index is 12.3. The van der Waals surface area contributed by atoms with Crippen LogP contribution in [0.5, 0.6) is 0 Å². The van der Waals surface area contributed by atoms with Crippen molar-refractivity contribution in [1.82, 2.24) is 9.88 Å². The zero-order valence-corrected chi connectivity index (χ0v) is 13.4. The number of benzene rings is 1. The van der Waals surface area contributed by atoms with Gasteiger partial charge >= 0.3 is 0 Å². The lowest BCUT2D eigenvalue weighted by Crippen LogP contribution is -2.37. The van der Waals surface area contributed by atoms with Crippen LogP contribution in [0.15, 0.2) is 30.5 Å². The van der Waals surface area contributed by atoms with E-state index in [-0.39, 0.29) is 23.5 Å². The normalized spacial score (nSPS) is 20.3. The molecule has 1 aliphatic rings. The van der Waals surface area contributed by atoms with Crippen molar-refractivity contribution in [2.75, 3.05) is 18.6 Å². The lowest BCUT2D eigenvalue weighted by molar-refractivity contribution is -0.131. The van der Waals surface area contributed by atoms with Crippen molar-refractivity contribution in [3.63, 3.8) is 0 Å². The Hall–Kier alpha value is -1.82. The van der Waals surface area contributed by atoms with Crippen LogP contribution in [0.2, 0.25) is 0 Å². The van der Waals surface area contributed by atoms with Crippen LogP contribution in [0.4, 0.5) is 0 Å². The van der Waals surface area contributed by atoms with E-state index in [1.807, 2.05) is 30.5 Å². The zero-order chi connectivity index (χ0) is 15.7. The highest BCUT2D eigenvalue weighted by molar-refractivity contribution is 7.91. The number of carbonyl (C=O) groups excluding carboxylic acids is 1. The Balaban J connectivity index is 1.63. The average Bonchev–Trinajstić information content (AvgIpc) is 3.07. The van der Waals surface area contributed by atoms with Gasteiger partial charge in [-0.25, -0.2) is 8.42 Å². The highest BCUT2D eigenvalue weighted by atomic mass is 32.2. The predicted molar refractivity (Wildman–Crippen MR) is 86.4 cm³/mol. The third kappa shape index (κ3) is 3.02. The molecule has 0 aliphatic carbocycles. The largest absolute Gasteiger partial charge is 0.361 e. The van der Waals surface area contributed by atoms with E-state index in [9.17, 15) is 13.2 Å². The van der Waals surface area contributed by atoms with Crippen LogP contribution in [0, 0.1) is 0 Å². The number of aromatic amines is 1. The second-order valence-corrected chi connectivity index (χ2v) is 8.15. The Bertz CT molecular complexity index is 795. The second kappa shape index (κ2) is 5.76. The molecule has 1 aromatic carbocycles. The average molecular weight is 320 g/mol. The topological polar surface area (TPSA) is 70.2 Å². The Morgan fingerprint density at radius 3 is 2.86 bits per heavy atom. The van der Waals surface area contributed by atoms with Gasteiger partial charge in [-0.05, 0) is 24.5 Å². The fraction of sp³-hybridized carbons (Fsp3) is 0.438. The van der Waals surface area contributed by atoms with E-state index in [4.69, 9.17) is 0 Å². The van der Waals surface area contributed by atoms with E-state index in [1.165, 1.54) is 0 Å². The number of fused-ring (bicyclic) bond motifs is 1. The van der Waals surface area contributed by atoms with Crippen LogP contribution in [0.3, 0.4) is 0 Å². The molecule has 1 amide bonds. The lowest BCUT2D eigenvalue weighted by atomic mass is 10.1. The molecule has 2 aromatic rings. The first-order valence-electron chi connectivity index (χ1n) is 7.47. The van der Waals surface area contributed by atoms with Crippen LogP contribution in [-0.4, -0.2) is 48.8 Å². The summed E-state index contributed by atoms with van der Waals surface area (Å²) in [6.07, 6.45) is 3.55. The molecule has 0 bridgehead atoms. The molecule has 1 N–H and O–H groups in total. The monoisotopic (exact) mass is 320 g/mol. The van der Waals surface area contributed by atoms with E-state index in [1.54, 1.807) is 11.9 Å². The standard InChI is InChI=1S/C16H20N2O3S/c1-18(13-8-9-22(20,21)11-13)16(19)7-6-12-10-17-15-5-3-2-4-14(12)15/h2-5,10,13,17H,6-9,11H2,1H3. The Morgan fingerprint density at radius 1 is 1.36 bits per heavy atom. The molecule has 1 aliphatic heterocycles. The minimum atomic E-state index is -2.96. The molecule has 2 heterocycles. The van der Waals surface area contributed by atoms with Crippen LogP contribution >= 0.6 is 0 Å². The van der Waals surface area contributed by atoms with Crippen molar-refractivity contribution >= 4 is 26.6 Å². The number of aromatic nitrogens is 1. The number of hydrogen-bond donors (Lipinski definition) is 1. The summed E-state index contributed by atoms with van der Waals surface area (Å²) in [5, 5.41) is 1.14. The number of amides is 1. The van der Waals surface area contributed by atoms with E-state index in [0.29, 0.717) is 19.3 Å². The number of hydrogen-bond acceptors (Lipinski definition) is 3. The van der Waals surface area contributed by atoms with Gasteiger partial charge in [0.15, 0.2) is 9.84 Å². The fourth-order valence-electron chi connectivity index (χ4n) is 3.04. The number of rotatable bonds is 4. The molecular formula is C16H20N2O3S. The number of carbonyl (C=O) groups is 1. The third-order valence-electron chi connectivity index (χ3n) is 4.43. The molecule has 6 heteroatoms. The van der Waals surface area contributed by atoms with Crippen molar-refractivity contribution in [3.8, 4) is 0 Å². The third-order valence-corrected chi connectivity index (χ3v) is 6.18. The van der Waals surface area contributed by atoms with Crippen LogP contribution in [0.25, 0.3) is 10.9 Å². The molecule has 1 unspecified atom stereocenters. The number of sulfone groups is 1. The Labute approximate surface area is 130 Å². The quantitative estimate of drug-likeness (QED) is 0.933. The molecule has 1 atom stereocenters. The molecule has 0 radical (unpaired) electrons. The summed E-state index contributed by atoms with van der Waals surface area (Å²) in [6, 6.07) is 7.84. The van der Waals surface area contributed by atoms with Gasteiger partial charge in [0.2, 0.25) is 5.91 Å². The van der Waals surface area contributed by atoms with Gasteiger partial charge in [-0.2, -0.15) is 0 Å². The van der Waals surface area contributed by atoms with Gasteiger partial charge in [-0.1, -0.05) is 18.2 Å².